The Labute approximate surface area is 129 Å². The minimum absolute atomic E-state index is 0.501. The van der Waals surface area contributed by atoms with Crippen molar-refractivity contribution in [2.75, 3.05) is 20.0 Å². The first kappa shape index (κ1) is 17.4. The highest BCUT2D eigenvalue weighted by Gasteiger charge is 2.11. The molecule has 0 saturated heterocycles. The highest BCUT2D eigenvalue weighted by atomic mass is 32.2. The van der Waals surface area contributed by atoms with Gasteiger partial charge in [-0.25, -0.2) is 0 Å². The molecule has 0 fully saturated rings. The maximum Gasteiger partial charge on any atom is 0.235 e. The van der Waals surface area contributed by atoms with Crippen molar-refractivity contribution in [1.29, 1.82) is 0 Å². The predicted molar refractivity (Wildman–Crippen MR) is 85.8 cm³/mol. The molecule has 1 rings (SSSR count). The fraction of sp³-hybridized carbons (Fsp3) is 0.467. The standard InChI is InChI=1S/C15H21NO4S/c1-4-5-6-9-21-15-11-13(19-2)12(7-8-16(17)18)10-14(15)20-3/h7-8,10-11H,4-6,9H2,1-3H3/b8-7+. The Kier molecular flexibility index (Phi) is 7.68. The molecule has 0 radical (unpaired) electrons. The van der Waals surface area contributed by atoms with Crippen molar-refractivity contribution in [1.82, 2.24) is 0 Å². The van der Waals surface area contributed by atoms with Crippen LogP contribution in [0.3, 0.4) is 0 Å². The molecule has 0 aromatic heterocycles. The van der Waals surface area contributed by atoms with Gasteiger partial charge in [0.2, 0.25) is 6.20 Å². The lowest BCUT2D eigenvalue weighted by Gasteiger charge is -2.12. The summed E-state index contributed by atoms with van der Waals surface area (Å²) in [4.78, 5) is 10.9. The van der Waals surface area contributed by atoms with Crippen LogP contribution in [-0.2, 0) is 0 Å². The molecule has 0 spiro atoms. The highest BCUT2D eigenvalue weighted by molar-refractivity contribution is 7.99. The quantitative estimate of drug-likeness (QED) is 0.295. The number of hydrogen-bond acceptors (Lipinski definition) is 5. The summed E-state index contributed by atoms with van der Waals surface area (Å²) in [6.07, 6.45) is 5.84. The van der Waals surface area contributed by atoms with Gasteiger partial charge in [-0.2, -0.15) is 0 Å². The predicted octanol–water partition coefficient (Wildman–Crippen LogP) is 4.23. The summed E-state index contributed by atoms with van der Waals surface area (Å²) >= 11 is 1.71. The van der Waals surface area contributed by atoms with Crippen molar-refractivity contribution in [3.05, 3.63) is 34.0 Å². The van der Waals surface area contributed by atoms with Gasteiger partial charge in [-0.3, -0.25) is 10.1 Å². The van der Waals surface area contributed by atoms with Crippen molar-refractivity contribution in [2.24, 2.45) is 0 Å². The van der Waals surface area contributed by atoms with Crippen LogP contribution in [0.5, 0.6) is 11.5 Å². The number of hydrogen-bond donors (Lipinski definition) is 0. The van der Waals surface area contributed by atoms with E-state index in [2.05, 4.69) is 6.92 Å². The van der Waals surface area contributed by atoms with E-state index in [1.165, 1.54) is 18.9 Å². The third kappa shape index (κ3) is 5.67. The number of thioether (sulfide) groups is 1. The molecular weight excluding hydrogens is 290 g/mol. The molecule has 21 heavy (non-hydrogen) atoms. The summed E-state index contributed by atoms with van der Waals surface area (Å²) in [5.74, 6) is 2.32. The smallest absolute Gasteiger partial charge is 0.235 e. The molecule has 0 aliphatic heterocycles. The van der Waals surface area contributed by atoms with Crippen LogP contribution in [0.2, 0.25) is 0 Å². The SMILES string of the molecule is CCCCCSc1cc(OC)c(/C=C/[N+](=O)[O-])cc1OC. The zero-order valence-corrected chi connectivity index (χ0v) is 13.4. The molecule has 0 bridgehead atoms. The van der Waals surface area contributed by atoms with E-state index in [0.29, 0.717) is 17.1 Å². The molecule has 5 nitrogen and oxygen atoms in total. The van der Waals surface area contributed by atoms with Crippen LogP contribution in [0.1, 0.15) is 31.7 Å². The minimum Gasteiger partial charge on any atom is -0.496 e. The maximum absolute atomic E-state index is 10.4. The van der Waals surface area contributed by atoms with Gasteiger partial charge in [0.25, 0.3) is 0 Å². The van der Waals surface area contributed by atoms with Crippen LogP contribution in [0, 0.1) is 10.1 Å². The summed E-state index contributed by atoms with van der Waals surface area (Å²) in [5.41, 5.74) is 0.629. The molecule has 0 atom stereocenters. The van der Waals surface area contributed by atoms with E-state index in [4.69, 9.17) is 9.47 Å². The van der Waals surface area contributed by atoms with Crippen molar-refractivity contribution in [3.63, 3.8) is 0 Å². The summed E-state index contributed by atoms with van der Waals surface area (Å²) < 4.78 is 10.7. The van der Waals surface area contributed by atoms with Gasteiger partial charge in [-0.1, -0.05) is 19.8 Å². The molecule has 0 aliphatic rings. The third-order valence-electron chi connectivity index (χ3n) is 2.90. The minimum atomic E-state index is -0.501. The van der Waals surface area contributed by atoms with Gasteiger partial charge in [0.15, 0.2) is 0 Å². The molecule has 6 heteroatoms. The van der Waals surface area contributed by atoms with E-state index in [0.717, 1.165) is 23.3 Å². The van der Waals surface area contributed by atoms with E-state index < -0.39 is 4.92 Å². The second-order valence-electron chi connectivity index (χ2n) is 4.40. The molecule has 1 aromatic rings. The summed E-state index contributed by atoms with van der Waals surface area (Å²) in [6, 6.07) is 3.63. The number of nitro groups is 1. The van der Waals surface area contributed by atoms with E-state index in [1.54, 1.807) is 32.0 Å². The first-order chi connectivity index (χ1) is 10.1. The fourth-order valence-corrected chi connectivity index (χ4v) is 2.85. The van der Waals surface area contributed by atoms with Gasteiger partial charge < -0.3 is 9.47 Å². The van der Waals surface area contributed by atoms with Crippen molar-refractivity contribution in [2.45, 2.75) is 31.1 Å². The van der Waals surface area contributed by atoms with Crippen LogP contribution < -0.4 is 9.47 Å². The maximum atomic E-state index is 10.4. The average Bonchev–Trinajstić information content (AvgIpc) is 2.49. The van der Waals surface area contributed by atoms with Crippen molar-refractivity contribution >= 4 is 17.8 Å². The molecular formula is C15H21NO4S. The zero-order valence-electron chi connectivity index (χ0n) is 12.6. The van der Waals surface area contributed by atoms with Gasteiger partial charge in [0, 0.05) is 11.6 Å². The topological polar surface area (TPSA) is 61.6 Å². The number of unbranched alkanes of at least 4 members (excludes halogenated alkanes) is 2. The lowest BCUT2D eigenvalue weighted by molar-refractivity contribution is -0.400. The van der Waals surface area contributed by atoms with Crippen molar-refractivity contribution in [3.8, 4) is 11.5 Å². The van der Waals surface area contributed by atoms with Crippen LogP contribution >= 0.6 is 11.8 Å². The summed E-state index contributed by atoms with van der Waals surface area (Å²) in [6.45, 7) is 2.17. The molecule has 0 aliphatic carbocycles. The lowest BCUT2D eigenvalue weighted by atomic mass is 10.2. The number of rotatable bonds is 9. The fourth-order valence-electron chi connectivity index (χ4n) is 1.81. The first-order valence-corrected chi connectivity index (χ1v) is 7.81. The van der Waals surface area contributed by atoms with E-state index >= 15 is 0 Å². The van der Waals surface area contributed by atoms with Gasteiger partial charge in [0.05, 0.1) is 24.0 Å². The average molecular weight is 311 g/mol. The van der Waals surface area contributed by atoms with Crippen LogP contribution in [0.25, 0.3) is 6.08 Å². The van der Waals surface area contributed by atoms with E-state index in [-0.39, 0.29) is 0 Å². The largest absolute Gasteiger partial charge is 0.496 e. The molecule has 1 aromatic carbocycles. The molecule has 116 valence electrons. The lowest BCUT2D eigenvalue weighted by Crippen LogP contribution is -1.94. The van der Waals surface area contributed by atoms with E-state index in [1.807, 2.05) is 6.07 Å². The number of ether oxygens (including phenoxy) is 2. The Balaban J connectivity index is 2.96. The highest BCUT2D eigenvalue weighted by Crippen LogP contribution is 2.36. The molecule has 0 N–H and O–H groups in total. The normalized spacial score (nSPS) is 10.8. The van der Waals surface area contributed by atoms with Crippen LogP contribution in [-0.4, -0.2) is 24.9 Å². The second-order valence-corrected chi connectivity index (χ2v) is 5.54. The first-order valence-electron chi connectivity index (χ1n) is 6.82. The molecule has 0 amide bonds. The van der Waals surface area contributed by atoms with Gasteiger partial charge in [-0.05, 0) is 24.3 Å². The monoisotopic (exact) mass is 311 g/mol. The van der Waals surface area contributed by atoms with Gasteiger partial charge >= 0.3 is 0 Å². The zero-order chi connectivity index (χ0) is 15.7. The Morgan fingerprint density at radius 1 is 1.24 bits per heavy atom. The van der Waals surface area contributed by atoms with Gasteiger partial charge in [0.1, 0.15) is 11.5 Å². The Hall–Kier alpha value is -1.69. The van der Waals surface area contributed by atoms with Crippen LogP contribution in [0.4, 0.5) is 0 Å². The summed E-state index contributed by atoms with van der Waals surface area (Å²) in [5, 5.41) is 10.4. The molecule has 0 saturated carbocycles. The summed E-state index contributed by atoms with van der Waals surface area (Å²) in [7, 11) is 3.15. The molecule has 0 heterocycles. The Morgan fingerprint density at radius 2 is 1.95 bits per heavy atom. The second kappa shape index (κ2) is 9.28. The Bertz CT molecular complexity index is 503. The third-order valence-corrected chi connectivity index (χ3v) is 4.02. The number of benzene rings is 1. The Morgan fingerprint density at radius 3 is 2.52 bits per heavy atom. The van der Waals surface area contributed by atoms with Gasteiger partial charge in [-0.15, -0.1) is 11.8 Å². The number of nitrogens with zero attached hydrogens (tertiary/aromatic N) is 1. The van der Waals surface area contributed by atoms with E-state index in [9.17, 15) is 10.1 Å². The van der Waals surface area contributed by atoms with Crippen molar-refractivity contribution < 1.29 is 14.4 Å². The number of methoxy groups -OCH3 is 2. The van der Waals surface area contributed by atoms with Crippen LogP contribution in [0.15, 0.2) is 23.2 Å². The molecule has 0 unspecified atom stereocenters.